The van der Waals surface area contributed by atoms with E-state index in [9.17, 15) is 4.79 Å². The van der Waals surface area contributed by atoms with Crippen molar-refractivity contribution in [3.63, 3.8) is 0 Å². The van der Waals surface area contributed by atoms with Crippen LogP contribution < -0.4 is 5.32 Å². The number of carbonyl (C=O) groups is 1. The van der Waals surface area contributed by atoms with Crippen molar-refractivity contribution in [2.45, 2.75) is 19.8 Å². The van der Waals surface area contributed by atoms with Gasteiger partial charge in [0.05, 0.1) is 0 Å². The first-order valence-corrected chi connectivity index (χ1v) is 6.15. The molecule has 0 atom stereocenters. The molecule has 3 nitrogen and oxygen atoms in total. The molecule has 0 radical (unpaired) electrons. The van der Waals surface area contributed by atoms with Crippen LogP contribution in [-0.4, -0.2) is 31.4 Å². The first kappa shape index (κ1) is 12.0. The highest BCUT2D eigenvalue weighted by molar-refractivity contribution is 5.94. The molecule has 92 valence electrons. The van der Waals surface area contributed by atoms with Gasteiger partial charge in [0.15, 0.2) is 0 Å². The van der Waals surface area contributed by atoms with Crippen LogP contribution in [0.4, 0.5) is 5.69 Å². The van der Waals surface area contributed by atoms with Gasteiger partial charge in [-0.3, -0.25) is 4.79 Å². The Labute approximate surface area is 103 Å². The Kier molecular flexibility index (Phi) is 3.36. The molecule has 1 aromatic rings. The second kappa shape index (κ2) is 4.78. The maximum absolute atomic E-state index is 12.2. The Morgan fingerprint density at radius 2 is 2.18 bits per heavy atom. The standard InChI is InChI=1S/C14H20N2O/c1-10-8-12(6-7-13(10)15-2)14(17)16(3)9-11-4-5-11/h6-8,11,15H,4-5,9H2,1-3H3. The number of hydrogen-bond donors (Lipinski definition) is 1. The fraction of sp³-hybridized carbons (Fsp3) is 0.500. The molecule has 0 aliphatic heterocycles. The maximum atomic E-state index is 12.2. The number of rotatable bonds is 4. The summed E-state index contributed by atoms with van der Waals surface area (Å²) in [5.74, 6) is 0.865. The summed E-state index contributed by atoms with van der Waals surface area (Å²) in [4.78, 5) is 14.0. The SMILES string of the molecule is CNc1ccc(C(=O)N(C)CC2CC2)cc1C. The summed E-state index contributed by atoms with van der Waals surface area (Å²) in [6.07, 6.45) is 2.55. The third-order valence-electron chi connectivity index (χ3n) is 3.32. The molecule has 1 fully saturated rings. The Morgan fingerprint density at radius 3 is 2.71 bits per heavy atom. The first-order chi connectivity index (χ1) is 8.11. The van der Waals surface area contributed by atoms with E-state index in [1.807, 2.05) is 44.1 Å². The van der Waals surface area contributed by atoms with Crippen molar-refractivity contribution in [3.05, 3.63) is 29.3 Å². The van der Waals surface area contributed by atoms with Gasteiger partial charge >= 0.3 is 0 Å². The minimum Gasteiger partial charge on any atom is -0.388 e. The van der Waals surface area contributed by atoms with Crippen LogP contribution in [0.25, 0.3) is 0 Å². The molecule has 1 amide bonds. The third-order valence-corrected chi connectivity index (χ3v) is 3.32. The van der Waals surface area contributed by atoms with Gasteiger partial charge in [-0.05, 0) is 49.4 Å². The smallest absolute Gasteiger partial charge is 0.253 e. The molecule has 0 spiro atoms. The highest BCUT2D eigenvalue weighted by atomic mass is 16.2. The highest BCUT2D eigenvalue weighted by Gasteiger charge is 2.25. The number of nitrogens with zero attached hydrogens (tertiary/aromatic N) is 1. The second-order valence-corrected chi connectivity index (χ2v) is 4.91. The highest BCUT2D eigenvalue weighted by Crippen LogP contribution is 2.29. The zero-order valence-corrected chi connectivity index (χ0v) is 10.8. The van der Waals surface area contributed by atoms with Crippen molar-refractivity contribution in [1.82, 2.24) is 4.90 Å². The van der Waals surface area contributed by atoms with E-state index in [-0.39, 0.29) is 5.91 Å². The summed E-state index contributed by atoms with van der Waals surface area (Å²) in [6.45, 7) is 2.91. The molecule has 0 heterocycles. The molecule has 3 heteroatoms. The van der Waals surface area contributed by atoms with Crippen molar-refractivity contribution in [2.24, 2.45) is 5.92 Å². The topological polar surface area (TPSA) is 32.3 Å². The quantitative estimate of drug-likeness (QED) is 0.865. The Hall–Kier alpha value is -1.51. The predicted octanol–water partition coefficient (Wildman–Crippen LogP) is 2.52. The summed E-state index contributed by atoms with van der Waals surface area (Å²) in [7, 11) is 3.78. The molecule has 1 aliphatic rings. The van der Waals surface area contributed by atoms with Gasteiger partial charge in [0.1, 0.15) is 0 Å². The summed E-state index contributed by atoms with van der Waals surface area (Å²) >= 11 is 0. The van der Waals surface area contributed by atoms with Gasteiger partial charge < -0.3 is 10.2 Å². The molecular formula is C14H20N2O. The number of aryl methyl sites for hydroxylation is 1. The number of nitrogens with one attached hydrogen (secondary N) is 1. The lowest BCUT2D eigenvalue weighted by Crippen LogP contribution is -2.28. The van der Waals surface area contributed by atoms with Gasteiger partial charge in [-0.15, -0.1) is 0 Å². The molecule has 1 aliphatic carbocycles. The van der Waals surface area contributed by atoms with Crippen LogP contribution in [0.3, 0.4) is 0 Å². The van der Waals surface area contributed by atoms with E-state index in [1.54, 1.807) is 0 Å². The average Bonchev–Trinajstić information content (AvgIpc) is 3.11. The number of hydrogen-bond acceptors (Lipinski definition) is 2. The van der Waals surface area contributed by atoms with Crippen LogP contribution in [0, 0.1) is 12.8 Å². The molecule has 0 unspecified atom stereocenters. The van der Waals surface area contributed by atoms with Crippen molar-refractivity contribution < 1.29 is 4.79 Å². The van der Waals surface area contributed by atoms with Crippen molar-refractivity contribution in [2.75, 3.05) is 26.0 Å². The van der Waals surface area contributed by atoms with Crippen LogP contribution in [0.5, 0.6) is 0 Å². The summed E-state index contributed by atoms with van der Waals surface area (Å²) in [5.41, 5.74) is 2.97. The van der Waals surface area contributed by atoms with Crippen molar-refractivity contribution in [3.8, 4) is 0 Å². The largest absolute Gasteiger partial charge is 0.388 e. The fourth-order valence-corrected chi connectivity index (χ4v) is 2.07. The van der Waals surface area contributed by atoms with Gasteiger partial charge in [0.2, 0.25) is 0 Å². The molecule has 0 saturated heterocycles. The van der Waals surface area contributed by atoms with E-state index in [4.69, 9.17) is 0 Å². The zero-order valence-electron chi connectivity index (χ0n) is 10.8. The van der Waals surface area contributed by atoms with Crippen LogP contribution in [-0.2, 0) is 0 Å². The third kappa shape index (κ3) is 2.78. The van der Waals surface area contributed by atoms with Gasteiger partial charge in [0, 0.05) is 31.9 Å². The fourth-order valence-electron chi connectivity index (χ4n) is 2.07. The lowest BCUT2D eigenvalue weighted by atomic mass is 10.1. The van der Waals surface area contributed by atoms with E-state index < -0.39 is 0 Å². The zero-order chi connectivity index (χ0) is 12.4. The second-order valence-electron chi connectivity index (χ2n) is 4.91. The molecule has 2 rings (SSSR count). The predicted molar refractivity (Wildman–Crippen MR) is 70.4 cm³/mol. The lowest BCUT2D eigenvalue weighted by Gasteiger charge is -2.17. The van der Waals surface area contributed by atoms with Crippen molar-refractivity contribution >= 4 is 11.6 Å². The Balaban J connectivity index is 2.09. The molecular weight excluding hydrogens is 212 g/mol. The minimum absolute atomic E-state index is 0.127. The van der Waals surface area contributed by atoms with E-state index in [1.165, 1.54) is 12.8 Å². The van der Waals surface area contributed by atoms with Gasteiger partial charge in [-0.25, -0.2) is 0 Å². The molecule has 1 aromatic carbocycles. The molecule has 0 aromatic heterocycles. The van der Waals surface area contributed by atoms with Gasteiger partial charge in [-0.1, -0.05) is 0 Å². The van der Waals surface area contributed by atoms with E-state index >= 15 is 0 Å². The van der Waals surface area contributed by atoms with Crippen LogP contribution >= 0.6 is 0 Å². The van der Waals surface area contributed by atoms with Gasteiger partial charge in [0.25, 0.3) is 5.91 Å². The van der Waals surface area contributed by atoms with Crippen LogP contribution in [0.1, 0.15) is 28.8 Å². The van der Waals surface area contributed by atoms with Crippen molar-refractivity contribution in [1.29, 1.82) is 0 Å². The monoisotopic (exact) mass is 232 g/mol. The summed E-state index contributed by atoms with van der Waals surface area (Å²) in [6, 6.07) is 5.82. The minimum atomic E-state index is 0.127. The molecule has 0 bridgehead atoms. The van der Waals surface area contributed by atoms with Crippen LogP contribution in [0.15, 0.2) is 18.2 Å². The summed E-state index contributed by atoms with van der Waals surface area (Å²) < 4.78 is 0. The maximum Gasteiger partial charge on any atom is 0.253 e. The first-order valence-electron chi connectivity index (χ1n) is 6.15. The van der Waals surface area contributed by atoms with E-state index in [0.29, 0.717) is 0 Å². The van der Waals surface area contributed by atoms with E-state index in [0.717, 1.165) is 29.3 Å². The number of anilines is 1. The molecule has 1 saturated carbocycles. The summed E-state index contributed by atoms with van der Waals surface area (Å²) in [5, 5.41) is 3.11. The average molecular weight is 232 g/mol. The Morgan fingerprint density at radius 1 is 1.47 bits per heavy atom. The molecule has 1 N–H and O–H groups in total. The van der Waals surface area contributed by atoms with Gasteiger partial charge in [-0.2, -0.15) is 0 Å². The van der Waals surface area contributed by atoms with Crippen LogP contribution in [0.2, 0.25) is 0 Å². The lowest BCUT2D eigenvalue weighted by molar-refractivity contribution is 0.0788. The molecule has 17 heavy (non-hydrogen) atoms. The normalized spacial score (nSPS) is 14.5. The number of amides is 1. The number of benzene rings is 1. The Bertz CT molecular complexity index is 424. The van der Waals surface area contributed by atoms with E-state index in [2.05, 4.69) is 5.32 Å². The number of carbonyl (C=O) groups excluding carboxylic acids is 1.